The minimum atomic E-state index is -0.00352. The molecule has 1 aromatic rings. The van der Waals surface area contributed by atoms with Crippen LogP contribution in [0.25, 0.3) is 0 Å². The zero-order chi connectivity index (χ0) is 12.1. The Morgan fingerprint density at radius 2 is 2.18 bits per heavy atom. The van der Waals surface area contributed by atoms with Crippen molar-refractivity contribution in [3.05, 3.63) is 24.0 Å². The van der Waals surface area contributed by atoms with Gasteiger partial charge in [0.25, 0.3) is 0 Å². The molecule has 1 aliphatic carbocycles. The first-order chi connectivity index (χ1) is 8.29. The molecule has 1 saturated carbocycles. The van der Waals surface area contributed by atoms with Crippen molar-refractivity contribution >= 4 is 12.2 Å². The van der Waals surface area contributed by atoms with E-state index in [9.17, 15) is 9.59 Å². The first-order valence-corrected chi connectivity index (χ1v) is 6.19. The van der Waals surface area contributed by atoms with Crippen molar-refractivity contribution in [3.63, 3.8) is 0 Å². The molecule has 17 heavy (non-hydrogen) atoms. The number of carbonyl (C=O) groups excluding carboxylic acids is 2. The van der Waals surface area contributed by atoms with Gasteiger partial charge in [0.1, 0.15) is 6.54 Å². The van der Waals surface area contributed by atoms with Gasteiger partial charge in [0.15, 0.2) is 6.29 Å². The third kappa shape index (κ3) is 3.19. The van der Waals surface area contributed by atoms with Crippen LogP contribution in [0, 0.1) is 0 Å². The van der Waals surface area contributed by atoms with E-state index < -0.39 is 0 Å². The van der Waals surface area contributed by atoms with Crippen LogP contribution in [0.15, 0.2) is 18.3 Å². The van der Waals surface area contributed by atoms with Crippen molar-refractivity contribution in [1.82, 2.24) is 9.88 Å². The van der Waals surface area contributed by atoms with Gasteiger partial charge < -0.3 is 9.88 Å². The summed E-state index contributed by atoms with van der Waals surface area (Å²) in [4.78, 5) is 22.5. The zero-order valence-corrected chi connectivity index (χ0v) is 9.89. The monoisotopic (exact) mass is 234 g/mol. The van der Waals surface area contributed by atoms with Crippen LogP contribution >= 0.6 is 0 Å². The maximum absolute atomic E-state index is 11.8. The summed E-state index contributed by atoms with van der Waals surface area (Å²) in [5.74, 6) is -0.00352. The Hall–Kier alpha value is -1.58. The quantitative estimate of drug-likeness (QED) is 0.807. The summed E-state index contributed by atoms with van der Waals surface area (Å²) in [6.45, 7) is 0.234. The first kappa shape index (κ1) is 11.9. The van der Waals surface area contributed by atoms with Crippen molar-refractivity contribution < 1.29 is 9.59 Å². The van der Waals surface area contributed by atoms with Crippen molar-refractivity contribution in [2.75, 3.05) is 0 Å². The molecule has 0 aliphatic heterocycles. The highest BCUT2D eigenvalue weighted by Gasteiger charge is 2.15. The third-order valence-corrected chi connectivity index (χ3v) is 3.27. The summed E-state index contributed by atoms with van der Waals surface area (Å²) < 4.78 is 1.67. The molecule has 2 rings (SSSR count). The van der Waals surface area contributed by atoms with Gasteiger partial charge in [0, 0.05) is 12.2 Å². The number of carbonyl (C=O) groups is 2. The predicted molar refractivity (Wildman–Crippen MR) is 64.8 cm³/mol. The van der Waals surface area contributed by atoms with Gasteiger partial charge in [-0.25, -0.2) is 0 Å². The summed E-state index contributed by atoms with van der Waals surface area (Å²) in [7, 11) is 0. The van der Waals surface area contributed by atoms with Crippen molar-refractivity contribution in [2.24, 2.45) is 0 Å². The molecule has 0 radical (unpaired) electrons. The Morgan fingerprint density at radius 1 is 1.41 bits per heavy atom. The van der Waals surface area contributed by atoms with E-state index in [0.29, 0.717) is 11.7 Å². The molecule has 0 atom stereocenters. The Morgan fingerprint density at radius 3 is 2.88 bits per heavy atom. The van der Waals surface area contributed by atoms with Crippen LogP contribution in [0.4, 0.5) is 0 Å². The molecule has 4 heteroatoms. The van der Waals surface area contributed by atoms with E-state index in [1.807, 2.05) is 0 Å². The molecular formula is C13H18N2O2. The first-order valence-electron chi connectivity index (χ1n) is 6.19. The highest BCUT2D eigenvalue weighted by Crippen LogP contribution is 2.17. The van der Waals surface area contributed by atoms with Crippen LogP contribution in [0.5, 0.6) is 0 Å². The molecule has 0 spiro atoms. The molecular weight excluding hydrogens is 216 g/mol. The van der Waals surface area contributed by atoms with Crippen molar-refractivity contribution in [1.29, 1.82) is 0 Å². The van der Waals surface area contributed by atoms with Gasteiger partial charge in [-0.1, -0.05) is 19.3 Å². The molecule has 0 saturated heterocycles. The van der Waals surface area contributed by atoms with Gasteiger partial charge in [0.05, 0.1) is 5.69 Å². The van der Waals surface area contributed by atoms with Crippen LogP contribution in [0.3, 0.4) is 0 Å². The minimum absolute atomic E-state index is 0.00352. The van der Waals surface area contributed by atoms with Gasteiger partial charge in [0.2, 0.25) is 5.91 Å². The fraction of sp³-hybridized carbons (Fsp3) is 0.538. The molecule has 0 bridgehead atoms. The number of aldehydes is 1. The highest BCUT2D eigenvalue weighted by atomic mass is 16.2. The van der Waals surface area contributed by atoms with E-state index in [-0.39, 0.29) is 12.5 Å². The van der Waals surface area contributed by atoms with E-state index in [1.54, 1.807) is 22.9 Å². The predicted octanol–water partition coefficient (Wildman–Crippen LogP) is 1.75. The Kier molecular flexibility index (Phi) is 3.96. The summed E-state index contributed by atoms with van der Waals surface area (Å²) in [6, 6.07) is 3.81. The molecule has 1 amide bonds. The molecule has 92 valence electrons. The second kappa shape index (κ2) is 5.66. The van der Waals surface area contributed by atoms with E-state index in [0.717, 1.165) is 19.1 Å². The average Bonchev–Trinajstić information content (AvgIpc) is 2.77. The molecule has 4 nitrogen and oxygen atoms in total. The summed E-state index contributed by atoms with van der Waals surface area (Å²) >= 11 is 0. The smallest absolute Gasteiger partial charge is 0.240 e. The molecule has 1 N–H and O–H groups in total. The standard InChI is InChI=1S/C13H18N2O2/c16-10-12-7-4-8-15(12)9-13(17)14-11-5-2-1-3-6-11/h4,7-8,10-11H,1-3,5-6,9H2,(H,14,17). The van der Waals surface area contributed by atoms with Crippen LogP contribution in [0.1, 0.15) is 42.6 Å². The molecule has 0 aromatic carbocycles. The second-order valence-corrected chi connectivity index (χ2v) is 4.58. The van der Waals surface area contributed by atoms with Crippen LogP contribution in [-0.4, -0.2) is 22.8 Å². The number of nitrogens with zero attached hydrogens (tertiary/aromatic N) is 1. The van der Waals surface area contributed by atoms with E-state index in [1.165, 1.54) is 19.3 Å². The number of nitrogens with one attached hydrogen (secondary N) is 1. The average molecular weight is 234 g/mol. The van der Waals surface area contributed by atoms with Crippen LogP contribution < -0.4 is 5.32 Å². The SMILES string of the molecule is O=Cc1cccn1CC(=O)NC1CCCCC1. The normalized spacial score (nSPS) is 16.7. The fourth-order valence-electron chi connectivity index (χ4n) is 2.35. The second-order valence-electron chi connectivity index (χ2n) is 4.58. The highest BCUT2D eigenvalue weighted by molar-refractivity contribution is 5.78. The lowest BCUT2D eigenvalue weighted by molar-refractivity contribution is -0.122. The summed E-state index contributed by atoms with van der Waals surface area (Å²) in [5.41, 5.74) is 0.545. The van der Waals surface area contributed by atoms with Gasteiger partial charge in [-0.15, -0.1) is 0 Å². The Labute approximate surface area is 101 Å². The number of amides is 1. The van der Waals surface area contributed by atoms with Crippen molar-refractivity contribution in [3.8, 4) is 0 Å². The number of hydrogen-bond acceptors (Lipinski definition) is 2. The number of aromatic nitrogens is 1. The maximum Gasteiger partial charge on any atom is 0.240 e. The molecule has 1 heterocycles. The number of hydrogen-bond donors (Lipinski definition) is 1. The molecule has 1 fully saturated rings. The Balaban J connectivity index is 1.86. The molecule has 0 unspecified atom stereocenters. The van der Waals surface area contributed by atoms with E-state index in [4.69, 9.17) is 0 Å². The third-order valence-electron chi connectivity index (χ3n) is 3.27. The van der Waals surface area contributed by atoms with Crippen molar-refractivity contribution in [2.45, 2.75) is 44.7 Å². The maximum atomic E-state index is 11.8. The molecule has 1 aliphatic rings. The fourth-order valence-corrected chi connectivity index (χ4v) is 2.35. The lowest BCUT2D eigenvalue weighted by atomic mass is 9.95. The molecule has 1 aromatic heterocycles. The zero-order valence-electron chi connectivity index (χ0n) is 9.89. The lowest BCUT2D eigenvalue weighted by Gasteiger charge is -2.22. The lowest BCUT2D eigenvalue weighted by Crippen LogP contribution is -2.38. The van der Waals surface area contributed by atoms with E-state index >= 15 is 0 Å². The number of rotatable bonds is 4. The summed E-state index contributed by atoms with van der Waals surface area (Å²) in [5, 5.41) is 3.03. The van der Waals surface area contributed by atoms with Crippen LogP contribution in [0.2, 0.25) is 0 Å². The van der Waals surface area contributed by atoms with E-state index in [2.05, 4.69) is 5.32 Å². The largest absolute Gasteiger partial charge is 0.352 e. The minimum Gasteiger partial charge on any atom is -0.352 e. The van der Waals surface area contributed by atoms with Gasteiger partial charge in [-0.2, -0.15) is 0 Å². The van der Waals surface area contributed by atoms with Gasteiger partial charge in [-0.3, -0.25) is 9.59 Å². The Bertz CT molecular complexity index is 392. The van der Waals surface area contributed by atoms with Crippen LogP contribution in [-0.2, 0) is 11.3 Å². The topological polar surface area (TPSA) is 51.1 Å². The summed E-state index contributed by atoms with van der Waals surface area (Å²) in [6.07, 6.45) is 8.37. The van der Waals surface area contributed by atoms with Gasteiger partial charge in [-0.05, 0) is 25.0 Å². The van der Waals surface area contributed by atoms with Gasteiger partial charge >= 0.3 is 0 Å².